The SMILES string of the molecule is CCN(CC)S(=O)(=O)c1ccc(N2C[C@@H](C(=O)Nc3cccnc3)CC2=O)cc1. The molecule has 1 saturated heterocycles. The van der Waals surface area contributed by atoms with Crippen LogP contribution in [0.25, 0.3) is 0 Å². The van der Waals surface area contributed by atoms with Gasteiger partial charge >= 0.3 is 0 Å². The Morgan fingerprint density at radius 3 is 2.48 bits per heavy atom. The van der Waals surface area contributed by atoms with Gasteiger partial charge in [-0.3, -0.25) is 14.6 Å². The van der Waals surface area contributed by atoms with E-state index in [1.807, 2.05) is 0 Å². The van der Waals surface area contributed by atoms with E-state index in [2.05, 4.69) is 10.3 Å². The second-order valence-electron chi connectivity index (χ2n) is 6.72. The summed E-state index contributed by atoms with van der Waals surface area (Å²) in [5, 5.41) is 2.77. The van der Waals surface area contributed by atoms with Crippen molar-refractivity contribution in [2.24, 2.45) is 5.92 Å². The van der Waals surface area contributed by atoms with E-state index in [0.717, 1.165) is 0 Å². The molecule has 1 aliphatic rings. The van der Waals surface area contributed by atoms with E-state index >= 15 is 0 Å². The topological polar surface area (TPSA) is 99.7 Å². The number of pyridine rings is 1. The molecule has 1 aromatic carbocycles. The Morgan fingerprint density at radius 2 is 1.90 bits per heavy atom. The standard InChI is InChI=1S/C20H24N4O4S/c1-3-23(4-2)29(27,28)18-9-7-17(8-10-18)24-14-15(12-19(24)25)20(26)22-16-6-5-11-21-13-16/h5-11,13,15H,3-4,12,14H2,1-2H3,(H,22,26)/t15-/m0/s1. The van der Waals surface area contributed by atoms with Crippen LogP contribution in [0.3, 0.4) is 0 Å². The molecular weight excluding hydrogens is 392 g/mol. The van der Waals surface area contributed by atoms with Crippen LogP contribution in [0.1, 0.15) is 20.3 Å². The molecular formula is C20H24N4O4S. The van der Waals surface area contributed by atoms with Crippen molar-refractivity contribution in [1.29, 1.82) is 0 Å². The molecule has 1 atom stereocenters. The van der Waals surface area contributed by atoms with Crippen LogP contribution < -0.4 is 10.2 Å². The molecule has 0 saturated carbocycles. The maximum Gasteiger partial charge on any atom is 0.243 e. The van der Waals surface area contributed by atoms with Crippen LogP contribution in [-0.4, -0.2) is 49.2 Å². The number of hydrogen-bond acceptors (Lipinski definition) is 5. The van der Waals surface area contributed by atoms with Crippen molar-refractivity contribution in [1.82, 2.24) is 9.29 Å². The van der Waals surface area contributed by atoms with Gasteiger partial charge in [0.25, 0.3) is 0 Å². The van der Waals surface area contributed by atoms with Crippen molar-refractivity contribution in [3.05, 3.63) is 48.8 Å². The lowest BCUT2D eigenvalue weighted by atomic mass is 10.1. The maximum absolute atomic E-state index is 12.6. The zero-order valence-electron chi connectivity index (χ0n) is 16.4. The summed E-state index contributed by atoms with van der Waals surface area (Å²) in [7, 11) is -3.55. The molecule has 0 aliphatic carbocycles. The van der Waals surface area contributed by atoms with Crippen molar-refractivity contribution in [2.75, 3.05) is 29.9 Å². The van der Waals surface area contributed by atoms with Gasteiger partial charge < -0.3 is 10.2 Å². The van der Waals surface area contributed by atoms with Crippen molar-refractivity contribution >= 4 is 33.2 Å². The normalized spacial score (nSPS) is 17.0. The van der Waals surface area contributed by atoms with Gasteiger partial charge in [0.2, 0.25) is 21.8 Å². The second kappa shape index (κ2) is 8.71. The van der Waals surface area contributed by atoms with Gasteiger partial charge in [-0.1, -0.05) is 13.8 Å². The van der Waals surface area contributed by atoms with Gasteiger partial charge in [-0.25, -0.2) is 8.42 Å². The molecule has 0 bridgehead atoms. The lowest BCUT2D eigenvalue weighted by Gasteiger charge is -2.20. The van der Waals surface area contributed by atoms with Crippen molar-refractivity contribution in [3.63, 3.8) is 0 Å². The predicted octanol–water partition coefficient (Wildman–Crippen LogP) is 2.10. The lowest BCUT2D eigenvalue weighted by molar-refractivity contribution is -0.122. The molecule has 1 aromatic heterocycles. The lowest BCUT2D eigenvalue weighted by Crippen LogP contribution is -2.31. The highest BCUT2D eigenvalue weighted by molar-refractivity contribution is 7.89. The van der Waals surface area contributed by atoms with E-state index in [0.29, 0.717) is 24.5 Å². The molecule has 2 heterocycles. The smallest absolute Gasteiger partial charge is 0.243 e. The molecule has 154 valence electrons. The molecule has 1 aliphatic heterocycles. The molecule has 2 aromatic rings. The van der Waals surface area contributed by atoms with Gasteiger partial charge in [0.1, 0.15) is 0 Å². The molecule has 2 amide bonds. The fraction of sp³-hybridized carbons (Fsp3) is 0.350. The fourth-order valence-electron chi connectivity index (χ4n) is 3.32. The average Bonchev–Trinajstić information content (AvgIpc) is 3.11. The Balaban J connectivity index is 1.71. The van der Waals surface area contributed by atoms with E-state index < -0.39 is 15.9 Å². The third-order valence-electron chi connectivity index (χ3n) is 4.92. The van der Waals surface area contributed by atoms with Crippen molar-refractivity contribution in [2.45, 2.75) is 25.2 Å². The minimum Gasteiger partial charge on any atom is -0.324 e. The largest absolute Gasteiger partial charge is 0.324 e. The Hall–Kier alpha value is -2.78. The first-order valence-corrected chi connectivity index (χ1v) is 10.9. The third-order valence-corrected chi connectivity index (χ3v) is 6.98. The number of carbonyl (C=O) groups excluding carboxylic acids is 2. The summed E-state index contributed by atoms with van der Waals surface area (Å²) in [5.74, 6) is -0.896. The molecule has 0 radical (unpaired) electrons. The van der Waals surface area contributed by atoms with Gasteiger partial charge in [0, 0.05) is 37.9 Å². The molecule has 1 N–H and O–H groups in total. The third kappa shape index (κ3) is 4.46. The van der Waals surface area contributed by atoms with Crippen LogP contribution in [0.15, 0.2) is 53.7 Å². The maximum atomic E-state index is 12.6. The number of nitrogens with zero attached hydrogens (tertiary/aromatic N) is 3. The Morgan fingerprint density at radius 1 is 1.21 bits per heavy atom. The zero-order chi connectivity index (χ0) is 21.0. The number of sulfonamides is 1. The first-order valence-electron chi connectivity index (χ1n) is 9.48. The number of amides is 2. The van der Waals surface area contributed by atoms with Gasteiger partial charge in [-0.15, -0.1) is 0 Å². The minimum absolute atomic E-state index is 0.103. The summed E-state index contributed by atoms with van der Waals surface area (Å²) >= 11 is 0. The highest BCUT2D eigenvalue weighted by atomic mass is 32.2. The second-order valence-corrected chi connectivity index (χ2v) is 8.66. The van der Waals surface area contributed by atoms with E-state index in [-0.39, 0.29) is 29.7 Å². The number of carbonyl (C=O) groups is 2. The summed E-state index contributed by atoms with van der Waals surface area (Å²) in [5.41, 5.74) is 1.15. The van der Waals surface area contributed by atoms with E-state index in [4.69, 9.17) is 0 Å². The molecule has 8 nitrogen and oxygen atoms in total. The van der Waals surface area contributed by atoms with Crippen LogP contribution in [0, 0.1) is 5.92 Å². The Kier molecular flexibility index (Phi) is 6.29. The number of rotatable bonds is 7. The fourth-order valence-corrected chi connectivity index (χ4v) is 4.78. The van der Waals surface area contributed by atoms with Crippen molar-refractivity contribution < 1.29 is 18.0 Å². The monoisotopic (exact) mass is 416 g/mol. The van der Waals surface area contributed by atoms with E-state index in [1.54, 1.807) is 50.5 Å². The zero-order valence-corrected chi connectivity index (χ0v) is 17.2. The summed E-state index contributed by atoms with van der Waals surface area (Å²) < 4.78 is 26.6. The number of hydrogen-bond donors (Lipinski definition) is 1. The quantitative estimate of drug-likeness (QED) is 0.745. The van der Waals surface area contributed by atoms with E-state index in [9.17, 15) is 18.0 Å². The van der Waals surface area contributed by atoms with Crippen LogP contribution in [0.2, 0.25) is 0 Å². The summed E-state index contributed by atoms with van der Waals surface area (Å²) in [6, 6.07) is 9.66. The van der Waals surface area contributed by atoms with Crippen LogP contribution in [0.5, 0.6) is 0 Å². The number of aromatic nitrogens is 1. The number of nitrogens with one attached hydrogen (secondary N) is 1. The molecule has 3 rings (SSSR count). The molecule has 0 spiro atoms. The van der Waals surface area contributed by atoms with Gasteiger partial charge in [-0.2, -0.15) is 4.31 Å². The van der Waals surface area contributed by atoms with Crippen LogP contribution >= 0.6 is 0 Å². The highest BCUT2D eigenvalue weighted by Crippen LogP contribution is 2.27. The molecule has 9 heteroatoms. The first-order chi connectivity index (χ1) is 13.9. The predicted molar refractivity (Wildman–Crippen MR) is 110 cm³/mol. The van der Waals surface area contributed by atoms with Gasteiger partial charge in [0.05, 0.1) is 22.7 Å². The average molecular weight is 417 g/mol. The summed E-state index contributed by atoms with van der Waals surface area (Å²) in [4.78, 5) is 30.5. The summed E-state index contributed by atoms with van der Waals surface area (Å²) in [6.07, 6.45) is 3.26. The highest BCUT2D eigenvalue weighted by Gasteiger charge is 2.35. The molecule has 0 unspecified atom stereocenters. The molecule has 1 fully saturated rings. The summed E-state index contributed by atoms with van der Waals surface area (Å²) in [6.45, 7) is 4.59. The minimum atomic E-state index is -3.55. The number of anilines is 2. The van der Waals surface area contributed by atoms with E-state index in [1.165, 1.54) is 21.3 Å². The van der Waals surface area contributed by atoms with Gasteiger partial charge in [0.15, 0.2) is 0 Å². The van der Waals surface area contributed by atoms with Gasteiger partial charge in [-0.05, 0) is 36.4 Å². The Bertz CT molecular complexity index is 973. The van der Waals surface area contributed by atoms with Crippen molar-refractivity contribution in [3.8, 4) is 0 Å². The van der Waals surface area contributed by atoms with Crippen LogP contribution in [-0.2, 0) is 19.6 Å². The number of benzene rings is 1. The molecule has 29 heavy (non-hydrogen) atoms. The van der Waals surface area contributed by atoms with Crippen LogP contribution in [0.4, 0.5) is 11.4 Å². The Labute approximate surface area is 170 Å². The first kappa shape index (κ1) is 20.9.